The van der Waals surface area contributed by atoms with Gasteiger partial charge in [0.2, 0.25) is 0 Å². The molecule has 0 saturated heterocycles. The second-order valence-electron chi connectivity index (χ2n) is 7.18. The van der Waals surface area contributed by atoms with E-state index in [9.17, 15) is 4.79 Å². The van der Waals surface area contributed by atoms with E-state index in [-0.39, 0.29) is 5.91 Å². The molecule has 2 aromatic carbocycles. The van der Waals surface area contributed by atoms with Crippen molar-refractivity contribution in [3.05, 3.63) is 70.0 Å². The monoisotopic (exact) mass is 408 g/mol. The molecule has 4 aromatic rings. The number of H-pyrrole nitrogens is 1. The highest BCUT2D eigenvalue weighted by molar-refractivity contribution is 6.30. The van der Waals surface area contributed by atoms with Gasteiger partial charge < -0.3 is 14.4 Å². The van der Waals surface area contributed by atoms with Gasteiger partial charge in [0.1, 0.15) is 5.69 Å². The lowest BCUT2D eigenvalue weighted by Gasteiger charge is -2.16. The number of carbonyl (C=O) groups excluding carboxylic acids is 1. The molecule has 0 aliphatic carbocycles. The molecule has 0 atom stereocenters. The highest BCUT2D eigenvalue weighted by Gasteiger charge is 2.17. The number of hydrogen-bond acceptors (Lipinski definition) is 4. The van der Waals surface area contributed by atoms with Crippen LogP contribution in [0, 0.1) is 13.8 Å². The minimum atomic E-state index is -0.0990. The lowest BCUT2D eigenvalue weighted by molar-refractivity contribution is 0.0796. The van der Waals surface area contributed by atoms with Crippen molar-refractivity contribution in [1.82, 2.24) is 20.0 Å². The number of likely N-dealkylation sites (N-methyl/N-ethyl adjacent to an activating group) is 1. The first-order chi connectivity index (χ1) is 13.9. The average molecular weight is 409 g/mol. The Balaban J connectivity index is 1.47. The molecule has 29 heavy (non-hydrogen) atoms. The van der Waals surface area contributed by atoms with Gasteiger partial charge >= 0.3 is 0 Å². The van der Waals surface area contributed by atoms with Crippen molar-refractivity contribution in [1.29, 1.82) is 0 Å². The molecule has 0 saturated carbocycles. The summed E-state index contributed by atoms with van der Waals surface area (Å²) in [6, 6.07) is 13.2. The van der Waals surface area contributed by atoms with Gasteiger partial charge in [0.15, 0.2) is 5.82 Å². The summed E-state index contributed by atoms with van der Waals surface area (Å²) in [5.74, 6) is 0.910. The molecule has 6 nitrogen and oxygen atoms in total. The third-order valence-corrected chi connectivity index (χ3v) is 5.22. The molecule has 0 unspecified atom stereocenters. The molecule has 148 valence electrons. The number of carbonyl (C=O) groups is 1. The SMILES string of the molecule is Cc1ccc2[nH]c(-c3nc(CCN(C)C(=O)c4cccc(Cl)c4)no3)c(C)c2c1. The number of hydrogen-bond donors (Lipinski definition) is 1. The summed E-state index contributed by atoms with van der Waals surface area (Å²) >= 11 is 5.97. The van der Waals surface area contributed by atoms with Crippen LogP contribution in [0.4, 0.5) is 0 Å². The molecule has 0 aliphatic rings. The van der Waals surface area contributed by atoms with Crippen LogP contribution in [-0.2, 0) is 6.42 Å². The topological polar surface area (TPSA) is 75.0 Å². The molecular weight excluding hydrogens is 388 g/mol. The minimum Gasteiger partial charge on any atom is -0.350 e. The number of halogens is 1. The van der Waals surface area contributed by atoms with Crippen LogP contribution in [0.1, 0.15) is 27.3 Å². The highest BCUT2D eigenvalue weighted by atomic mass is 35.5. The van der Waals surface area contributed by atoms with E-state index in [0.29, 0.717) is 35.3 Å². The van der Waals surface area contributed by atoms with Gasteiger partial charge in [0, 0.05) is 41.5 Å². The maximum Gasteiger partial charge on any atom is 0.274 e. The van der Waals surface area contributed by atoms with Gasteiger partial charge in [0.05, 0.1) is 0 Å². The second kappa shape index (κ2) is 7.72. The summed E-state index contributed by atoms with van der Waals surface area (Å²) in [5.41, 5.74) is 4.69. The number of aromatic amines is 1. The van der Waals surface area contributed by atoms with E-state index in [2.05, 4.69) is 40.2 Å². The van der Waals surface area contributed by atoms with Crippen molar-refractivity contribution in [2.24, 2.45) is 0 Å². The van der Waals surface area contributed by atoms with Gasteiger partial charge in [-0.05, 0) is 49.7 Å². The first kappa shape index (κ1) is 19.2. The molecule has 4 rings (SSSR count). The minimum absolute atomic E-state index is 0.0990. The highest BCUT2D eigenvalue weighted by Crippen LogP contribution is 2.29. The van der Waals surface area contributed by atoms with Gasteiger partial charge in [-0.2, -0.15) is 4.98 Å². The third-order valence-electron chi connectivity index (χ3n) is 4.98. The Labute approximate surface area is 173 Å². The molecule has 2 aromatic heterocycles. The normalized spacial score (nSPS) is 11.2. The zero-order valence-electron chi connectivity index (χ0n) is 16.5. The number of aryl methyl sites for hydroxylation is 2. The van der Waals surface area contributed by atoms with E-state index in [1.807, 2.05) is 6.92 Å². The third kappa shape index (κ3) is 3.89. The summed E-state index contributed by atoms with van der Waals surface area (Å²) in [4.78, 5) is 22.0. The molecule has 2 heterocycles. The van der Waals surface area contributed by atoms with E-state index < -0.39 is 0 Å². The Morgan fingerprint density at radius 3 is 2.83 bits per heavy atom. The molecule has 7 heteroatoms. The van der Waals surface area contributed by atoms with Gasteiger partial charge in [0.25, 0.3) is 11.8 Å². The van der Waals surface area contributed by atoms with Crippen molar-refractivity contribution >= 4 is 28.4 Å². The molecule has 0 spiro atoms. The predicted octanol–water partition coefficient (Wildman–Crippen LogP) is 4.80. The first-order valence-corrected chi connectivity index (χ1v) is 9.73. The van der Waals surface area contributed by atoms with Gasteiger partial charge in [-0.15, -0.1) is 0 Å². The Bertz CT molecular complexity index is 1190. The second-order valence-corrected chi connectivity index (χ2v) is 7.61. The molecule has 0 aliphatic heterocycles. The number of benzene rings is 2. The summed E-state index contributed by atoms with van der Waals surface area (Å²) < 4.78 is 5.47. The fraction of sp³-hybridized carbons (Fsp3) is 0.227. The quantitative estimate of drug-likeness (QED) is 0.514. The standard InChI is InChI=1S/C22H21ClN4O2/c1-13-7-8-18-17(11-13)14(2)20(24-18)21-25-19(26-29-21)9-10-27(3)22(28)15-5-4-6-16(23)12-15/h4-8,11-12,24H,9-10H2,1-3H3. The zero-order valence-corrected chi connectivity index (χ0v) is 17.2. The smallest absolute Gasteiger partial charge is 0.274 e. The average Bonchev–Trinajstić information content (AvgIpc) is 3.30. The van der Waals surface area contributed by atoms with Crippen LogP contribution in [0.5, 0.6) is 0 Å². The number of fused-ring (bicyclic) bond motifs is 1. The Kier molecular flexibility index (Phi) is 5.11. The lowest BCUT2D eigenvalue weighted by Crippen LogP contribution is -2.29. The Morgan fingerprint density at radius 1 is 1.21 bits per heavy atom. The predicted molar refractivity (Wildman–Crippen MR) is 113 cm³/mol. The maximum atomic E-state index is 12.5. The molecule has 0 radical (unpaired) electrons. The van der Waals surface area contributed by atoms with E-state index >= 15 is 0 Å². The van der Waals surface area contributed by atoms with Crippen LogP contribution in [0.2, 0.25) is 5.02 Å². The van der Waals surface area contributed by atoms with Gasteiger partial charge in [-0.1, -0.05) is 34.5 Å². The summed E-state index contributed by atoms with van der Waals surface area (Å²) in [5, 5.41) is 5.76. The molecule has 0 bridgehead atoms. The molecule has 1 amide bonds. The number of nitrogens with zero attached hydrogens (tertiary/aromatic N) is 3. The fourth-order valence-electron chi connectivity index (χ4n) is 3.32. The number of nitrogens with one attached hydrogen (secondary N) is 1. The van der Waals surface area contributed by atoms with Crippen molar-refractivity contribution in [3.8, 4) is 11.6 Å². The van der Waals surface area contributed by atoms with E-state index in [0.717, 1.165) is 22.2 Å². The maximum absolute atomic E-state index is 12.5. The van der Waals surface area contributed by atoms with Crippen LogP contribution >= 0.6 is 11.6 Å². The van der Waals surface area contributed by atoms with Crippen molar-refractivity contribution in [3.63, 3.8) is 0 Å². The number of aromatic nitrogens is 3. The van der Waals surface area contributed by atoms with E-state index in [1.54, 1.807) is 36.2 Å². The summed E-state index contributed by atoms with van der Waals surface area (Å²) in [6.07, 6.45) is 0.491. The van der Waals surface area contributed by atoms with Crippen LogP contribution < -0.4 is 0 Å². The first-order valence-electron chi connectivity index (χ1n) is 9.35. The zero-order chi connectivity index (χ0) is 20.5. The van der Waals surface area contributed by atoms with Crippen LogP contribution in [0.25, 0.3) is 22.5 Å². The van der Waals surface area contributed by atoms with Crippen molar-refractivity contribution < 1.29 is 9.32 Å². The summed E-state index contributed by atoms with van der Waals surface area (Å²) in [7, 11) is 1.74. The van der Waals surface area contributed by atoms with Crippen LogP contribution in [0.3, 0.4) is 0 Å². The Hall–Kier alpha value is -3.12. The van der Waals surface area contributed by atoms with E-state index in [1.165, 1.54) is 5.56 Å². The van der Waals surface area contributed by atoms with Gasteiger partial charge in [-0.3, -0.25) is 4.79 Å². The van der Waals surface area contributed by atoms with Crippen LogP contribution in [0.15, 0.2) is 47.0 Å². The number of rotatable bonds is 5. The van der Waals surface area contributed by atoms with Crippen molar-refractivity contribution in [2.75, 3.05) is 13.6 Å². The van der Waals surface area contributed by atoms with Crippen molar-refractivity contribution in [2.45, 2.75) is 20.3 Å². The van der Waals surface area contributed by atoms with Crippen LogP contribution in [-0.4, -0.2) is 39.5 Å². The lowest BCUT2D eigenvalue weighted by atomic mass is 10.1. The largest absolute Gasteiger partial charge is 0.350 e. The Morgan fingerprint density at radius 2 is 2.03 bits per heavy atom. The molecule has 1 N–H and O–H groups in total. The fourth-order valence-corrected chi connectivity index (χ4v) is 3.51. The summed E-state index contributed by atoms with van der Waals surface area (Å²) in [6.45, 7) is 4.57. The number of amides is 1. The molecular formula is C22H21ClN4O2. The van der Waals surface area contributed by atoms with Gasteiger partial charge in [-0.25, -0.2) is 0 Å². The molecule has 0 fully saturated rings. The van der Waals surface area contributed by atoms with E-state index in [4.69, 9.17) is 16.1 Å².